The monoisotopic (exact) mass is 342 g/mol. The lowest BCUT2D eigenvalue weighted by Gasteiger charge is -2.37. The summed E-state index contributed by atoms with van der Waals surface area (Å²) in [6, 6.07) is 15.2. The van der Waals surface area contributed by atoms with Gasteiger partial charge in [0.1, 0.15) is 11.6 Å². The van der Waals surface area contributed by atoms with Crippen molar-refractivity contribution in [1.29, 1.82) is 0 Å². The van der Waals surface area contributed by atoms with Gasteiger partial charge in [-0.2, -0.15) is 0 Å². The molecule has 1 aliphatic rings. The number of piperidine rings is 1. The van der Waals surface area contributed by atoms with Gasteiger partial charge in [0, 0.05) is 19.6 Å². The van der Waals surface area contributed by atoms with Crippen LogP contribution in [-0.2, 0) is 6.54 Å². The van der Waals surface area contributed by atoms with Crippen LogP contribution in [0.2, 0.25) is 0 Å². The molecule has 1 aliphatic heterocycles. The van der Waals surface area contributed by atoms with E-state index in [4.69, 9.17) is 4.74 Å². The Bertz CT molecular complexity index is 657. The molecule has 0 spiro atoms. The van der Waals surface area contributed by atoms with Crippen LogP contribution in [0.5, 0.6) is 5.75 Å². The summed E-state index contributed by atoms with van der Waals surface area (Å²) in [6.07, 6.45) is 1.17. The molecule has 2 aromatic rings. The van der Waals surface area contributed by atoms with E-state index in [1.54, 1.807) is 7.11 Å². The first-order valence-corrected chi connectivity index (χ1v) is 8.93. The fraction of sp³-hybridized carbons (Fsp3) is 0.429. The van der Waals surface area contributed by atoms with E-state index in [9.17, 15) is 4.39 Å². The first-order valence-electron chi connectivity index (χ1n) is 8.93. The largest absolute Gasteiger partial charge is 0.497 e. The van der Waals surface area contributed by atoms with Crippen molar-refractivity contribution in [3.8, 4) is 5.75 Å². The number of nitrogens with one attached hydrogen (secondary N) is 1. The van der Waals surface area contributed by atoms with Crippen LogP contribution < -0.4 is 10.1 Å². The maximum absolute atomic E-state index is 13.0. The summed E-state index contributed by atoms with van der Waals surface area (Å²) in [5.74, 6) is 1.84. The maximum atomic E-state index is 13.0. The Labute approximate surface area is 149 Å². The van der Waals surface area contributed by atoms with Crippen LogP contribution in [-0.4, -0.2) is 38.7 Å². The number of hydrogen-bond acceptors (Lipinski definition) is 3. The number of ether oxygens (including phenoxy) is 1. The number of likely N-dealkylation sites (tertiary alicyclic amines) is 1. The predicted molar refractivity (Wildman–Crippen MR) is 99.4 cm³/mol. The number of halogens is 1. The Balaban J connectivity index is 1.62. The Kier molecular flexibility index (Phi) is 6.05. The molecule has 2 aromatic carbocycles. The van der Waals surface area contributed by atoms with E-state index in [0.717, 1.165) is 37.5 Å². The summed E-state index contributed by atoms with van der Waals surface area (Å²) >= 11 is 0. The quantitative estimate of drug-likeness (QED) is 0.867. The third kappa shape index (κ3) is 4.80. The van der Waals surface area contributed by atoms with Crippen LogP contribution in [0.1, 0.15) is 23.5 Å². The van der Waals surface area contributed by atoms with Gasteiger partial charge >= 0.3 is 0 Å². The zero-order chi connectivity index (χ0) is 17.6. The number of rotatable bonds is 6. The molecule has 3 nitrogen and oxygen atoms in total. The molecule has 0 amide bonds. The van der Waals surface area contributed by atoms with E-state index in [2.05, 4.69) is 41.5 Å². The Morgan fingerprint density at radius 2 is 1.84 bits per heavy atom. The number of hydrogen-bond donors (Lipinski definition) is 1. The van der Waals surface area contributed by atoms with Gasteiger partial charge in [-0.05, 0) is 67.2 Å². The summed E-state index contributed by atoms with van der Waals surface area (Å²) in [5.41, 5.74) is 2.51. The second-order valence-electron chi connectivity index (χ2n) is 6.95. The van der Waals surface area contributed by atoms with E-state index >= 15 is 0 Å². The highest BCUT2D eigenvalue weighted by molar-refractivity contribution is 5.30. The molecule has 2 unspecified atom stereocenters. The van der Waals surface area contributed by atoms with Crippen molar-refractivity contribution in [2.24, 2.45) is 5.92 Å². The SMILES string of the molecule is COc1ccc(C2CCN(C)CC2CNCc2ccc(F)cc2)cc1. The fourth-order valence-electron chi connectivity index (χ4n) is 3.71. The molecular weight excluding hydrogens is 315 g/mol. The maximum Gasteiger partial charge on any atom is 0.123 e. The van der Waals surface area contributed by atoms with Crippen molar-refractivity contribution in [2.45, 2.75) is 18.9 Å². The van der Waals surface area contributed by atoms with Crippen molar-refractivity contribution in [3.05, 3.63) is 65.5 Å². The van der Waals surface area contributed by atoms with E-state index in [0.29, 0.717) is 11.8 Å². The highest BCUT2D eigenvalue weighted by Gasteiger charge is 2.28. The van der Waals surface area contributed by atoms with E-state index < -0.39 is 0 Å². The second kappa shape index (κ2) is 8.45. The second-order valence-corrected chi connectivity index (χ2v) is 6.95. The minimum absolute atomic E-state index is 0.183. The smallest absolute Gasteiger partial charge is 0.123 e. The molecule has 4 heteroatoms. The van der Waals surface area contributed by atoms with E-state index in [1.165, 1.54) is 24.1 Å². The highest BCUT2D eigenvalue weighted by Crippen LogP contribution is 2.33. The van der Waals surface area contributed by atoms with Crippen LogP contribution >= 0.6 is 0 Å². The van der Waals surface area contributed by atoms with Crippen molar-refractivity contribution in [2.75, 3.05) is 33.8 Å². The van der Waals surface area contributed by atoms with Gasteiger partial charge in [-0.3, -0.25) is 0 Å². The van der Waals surface area contributed by atoms with Crippen LogP contribution in [0.4, 0.5) is 4.39 Å². The summed E-state index contributed by atoms with van der Waals surface area (Å²) in [6.45, 7) is 3.95. The average Bonchev–Trinajstić information content (AvgIpc) is 2.64. The third-order valence-electron chi connectivity index (χ3n) is 5.13. The van der Waals surface area contributed by atoms with Crippen molar-refractivity contribution < 1.29 is 9.13 Å². The molecule has 1 N–H and O–H groups in total. The van der Waals surface area contributed by atoms with Crippen LogP contribution in [0, 0.1) is 11.7 Å². The molecule has 134 valence electrons. The van der Waals surface area contributed by atoms with Crippen LogP contribution in [0.15, 0.2) is 48.5 Å². The van der Waals surface area contributed by atoms with Crippen LogP contribution in [0.3, 0.4) is 0 Å². The van der Waals surface area contributed by atoms with Gasteiger partial charge in [0.25, 0.3) is 0 Å². The molecular formula is C21H27FN2O. The lowest BCUT2D eigenvalue weighted by atomic mass is 9.80. The topological polar surface area (TPSA) is 24.5 Å². The van der Waals surface area contributed by atoms with Crippen molar-refractivity contribution in [3.63, 3.8) is 0 Å². The Morgan fingerprint density at radius 3 is 2.52 bits per heavy atom. The molecule has 1 fully saturated rings. The van der Waals surface area contributed by atoms with Gasteiger partial charge in [0.15, 0.2) is 0 Å². The van der Waals surface area contributed by atoms with Gasteiger partial charge in [0.05, 0.1) is 7.11 Å². The minimum atomic E-state index is -0.183. The van der Waals surface area contributed by atoms with Gasteiger partial charge < -0.3 is 15.0 Å². The molecule has 0 aromatic heterocycles. The average molecular weight is 342 g/mol. The molecule has 0 saturated carbocycles. The molecule has 1 saturated heterocycles. The molecule has 0 radical (unpaired) electrons. The molecule has 25 heavy (non-hydrogen) atoms. The first-order chi connectivity index (χ1) is 12.2. The third-order valence-corrected chi connectivity index (χ3v) is 5.13. The summed E-state index contributed by atoms with van der Waals surface area (Å²) in [7, 11) is 3.89. The lowest BCUT2D eigenvalue weighted by molar-refractivity contribution is 0.180. The Hall–Kier alpha value is -1.91. The fourth-order valence-corrected chi connectivity index (χ4v) is 3.71. The molecule has 3 rings (SSSR count). The predicted octanol–water partition coefficient (Wildman–Crippen LogP) is 3.66. The number of methoxy groups -OCH3 is 1. The van der Waals surface area contributed by atoms with E-state index in [-0.39, 0.29) is 5.82 Å². The van der Waals surface area contributed by atoms with Crippen LogP contribution in [0.25, 0.3) is 0 Å². The minimum Gasteiger partial charge on any atom is -0.497 e. The standard InChI is InChI=1S/C21H27FN2O/c1-24-12-11-21(17-5-9-20(25-2)10-6-17)18(15-24)14-23-13-16-3-7-19(22)8-4-16/h3-10,18,21,23H,11-15H2,1-2H3. The Morgan fingerprint density at radius 1 is 1.12 bits per heavy atom. The first kappa shape index (κ1) is 17.9. The van der Waals surface area contributed by atoms with Crippen molar-refractivity contribution in [1.82, 2.24) is 10.2 Å². The van der Waals surface area contributed by atoms with Crippen molar-refractivity contribution >= 4 is 0 Å². The zero-order valence-corrected chi connectivity index (χ0v) is 15.0. The zero-order valence-electron chi connectivity index (χ0n) is 15.0. The normalized spacial score (nSPS) is 21.2. The molecule has 0 bridgehead atoms. The summed E-state index contributed by atoms with van der Waals surface area (Å²) < 4.78 is 18.3. The van der Waals surface area contributed by atoms with Gasteiger partial charge in [-0.1, -0.05) is 24.3 Å². The summed E-state index contributed by atoms with van der Waals surface area (Å²) in [4.78, 5) is 2.41. The summed E-state index contributed by atoms with van der Waals surface area (Å²) in [5, 5.41) is 3.56. The van der Waals surface area contributed by atoms with Gasteiger partial charge in [-0.15, -0.1) is 0 Å². The molecule has 1 heterocycles. The lowest BCUT2D eigenvalue weighted by Crippen LogP contribution is -2.41. The van der Waals surface area contributed by atoms with E-state index in [1.807, 2.05) is 12.1 Å². The number of benzene rings is 2. The molecule has 2 atom stereocenters. The van der Waals surface area contributed by atoms with Gasteiger partial charge in [-0.25, -0.2) is 4.39 Å². The van der Waals surface area contributed by atoms with Gasteiger partial charge in [0.2, 0.25) is 0 Å². The number of nitrogens with zero attached hydrogens (tertiary/aromatic N) is 1. The highest BCUT2D eigenvalue weighted by atomic mass is 19.1. The molecule has 0 aliphatic carbocycles.